The average Bonchev–Trinajstić information content (AvgIpc) is 3.91. The summed E-state index contributed by atoms with van der Waals surface area (Å²) < 4.78 is 17.8. The van der Waals surface area contributed by atoms with E-state index in [-0.39, 0.29) is 0 Å². The number of rotatable bonds is 3. The summed E-state index contributed by atoms with van der Waals surface area (Å²) in [6.07, 6.45) is 0. The minimum Gasteiger partial charge on any atom is -0.456 e. The van der Waals surface area contributed by atoms with E-state index in [9.17, 15) is 0 Å². The van der Waals surface area contributed by atoms with E-state index in [1.807, 2.05) is 42.5 Å². The van der Waals surface area contributed by atoms with Gasteiger partial charge in [-0.05, 0) is 97.1 Å². The molecule has 0 saturated carbocycles. The molecule has 0 spiro atoms. The number of aromatic nitrogens is 4. The molecule has 8 aromatic carbocycles. The molecule has 13 rings (SSSR count). The van der Waals surface area contributed by atoms with Gasteiger partial charge in [-0.25, -0.2) is 9.97 Å². The summed E-state index contributed by atoms with van der Waals surface area (Å²) in [4.78, 5) is 10.5. The van der Waals surface area contributed by atoms with Crippen molar-refractivity contribution in [2.24, 2.45) is 0 Å². The third-order valence-corrected chi connectivity index (χ3v) is 11.5. The zero-order valence-corrected chi connectivity index (χ0v) is 29.8. The summed E-state index contributed by atoms with van der Waals surface area (Å²) >= 11 is 0. The van der Waals surface area contributed by atoms with Crippen LogP contribution in [0.15, 0.2) is 174 Å². The van der Waals surface area contributed by atoms with Crippen LogP contribution in [0.25, 0.3) is 110 Å². The molecule has 5 heterocycles. The van der Waals surface area contributed by atoms with Crippen LogP contribution in [0, 0.1) is 0 Å². The maximum atomic E-state index is 6.73. The number of hydrogen-bond donors (Lipinski definition) is 0. The highest BCUT2D eigenvalue weighted by Gasteiger charge is 2.26. The van der Waals surface area contributed by atoms with E-state index in [4.69, 9.17) is 19.1 Å². The van der Waals surface area contributed by atoms with Crippen molar-refractivity contribution < 1.29 is 9.15 Å². The van der Waals surface area contributed by atoms with E-state index in [2.05, 4.69) is 137 Å². The molecule has 0 N–H and O–H groups in total. The molecule has 4 aromatic heterocycles. The molecule has 0 bridgehead atoms. The number of nitrogens with zero attached hydrogens (tertiary/aromatic N) is 4. The fraction of sp³-hybridized carbons (Fsp3) is 0. The first-order valence-electron chi connectivity index (χ1n) is 18.8. The molecule has 12 aromatic rings. The monoisotopic (exact) mass is 716 g/mol. The van der Waals surface area contributed by atoms with Crippen LogP contribution in [0.1, 0.15) is 0 Å². The first-order chi connectivity index (χ1) is 27.8. The number of furan rings is 1. The van der Waals surface area contributed by atoms with Gasteiger partial charge < -0.3 is 18.3 Å². The lowest BCUT2D eigenvalue weighted by atomic mass is 10.0. The predicted molar refractivity (Wildman–Crippen MR) is 226 cm³/mol. The van der Waals surface area contributed by atoms with Crippen molar-refractivity contribution in [2.45, 2.75) is 0 Å². The first kappa shape index (κ1) is 29.7. The second-order valence-corrected chi connectivity index (χ2v) is 14.5. The number of fused-ring (bicyclic) bond motifs is 13. The lowest BCUT2D eigenvalue weighted by Gasteiger charge is -2.20. The van der Waals surface area contributed by atoms with Crippen molar-refractivity contribution in [3.8, 4) is 45.5 Å². The second kappa shape index (κ2) is 10.9. The zero-order chi connectivity index (χ0) is 36.5. The van der Waals surface area contributed by atoms with E-state index in [1.54, 1.807) is 0 Å². The molecule has 0 radical (unpaired) electrons. The van der Waals surface area contributed by atoms with E-state index in [0.29, 0.717) is 5.82 Å². The van der Waals surface area contributed by atoms with Crippen LogP contribution in [-0.2, 0) is 0 Å². The number of hydrogen-bond acceptors (Lipinski definition) is 4. The summed E-state index contributed by atoms with van der Waals surface area (Å²) in [7, 11) is 0. The zero-order valence-electron chi connectivity index (χ0n) is 29.8. The van der Waals surface area contributed by atoms with Crippen LogP contribution in [0.4, 0.5) is 0 Å². The Bertz CT molecular complexity index is 3620. The van der Waals surface area contributed by atoms with E-state index in [1.165, 1.54) is 0 Å². The smallest absolute Gasteiger partial charge is 0.160 e. The molecular weight excluding hydrogens is 689 g/mol. The van der Waals surface area contributed by atoms with Crippen molar-refractivity contribution >= 4 is 76.5 Å². The molecule has 56 heavy (non-hydrogen) atoms. The second-order valence-electron chi connectivity index (χ2n) is 14.5. The Kier molecular flexibility index (Phi) is 5.80. The normalized spacial score (nSPS) is 12.4. The van der Waals surface area contributed by atoms with Crippen LogP contribution in [0.3, 0.4) is 0 Å². The Morgan fingerprint density at radius 3 is 2.00 bits per heavy atom. The maximum Gasteiger partial charge on any atom is 0.160 e. The van der Waals surface area contributed by atoms with Gasteiger partial charge in [0.15, 0.2) is 5.82 Å². The molecule has 0 unspecified atom stereocenters. The van der Waals surface area contributed by atoms with Gasteiger partial charge in [0.05, 0.1) is 44.0 Å². The van der Waals surface area contributed by atoms with Gasteiger partial charge >= 0.3 is 0 Å². The number of ether oxygens (including phenoxy) is 1. The van der Waals surface area contributed by atoms with E-state index < -0.39 is 0 Å². The summed E-state index contributed by atoms with van der Waals surface area (Å²) in [5, 5.41) is 7.66. The molecule has 6 nitrogen and oxygen atoms in total. The van der Waals surface area contributed by atoms with Gasteiger partial charge in [0.25, 0.3) is 0 Å². The Morgan fingerprint density at radius 2 is 1.14 bits per heavy atom. The highest BCUT2D eigenvalue weighted by molar-refractivity contribution is 6.31. The summed E-state index contributed by atoms with van der Waals surface area (Å²) in [5.41, 5.74) is 12.0. The van der Waals surface area contributed by atoms with Crippen LogP contribution in [0.2, 0.25) is 0 Å². The first-order valence-corrected chi connectivity index (χ1v) is 18.8. The third kappa shape index (κ3) is 3.94. The van der Waals surface area contributed by atoms with Crippen molar-refractivity contribution in [3.05, 3.63) is 170 Å². The molecule has 0 aliphatic carbocycles. The lowest BCUT2D eigenvalue weighted by Crippen LogP contribution is -2.02. The molecule has 0 saturated heterocycles. The largest absolute Gasteiger partial charge is 0.456 e. The van der Waals surface area contributed by atoms with Gasteiger partial charge in [-0.2, -0.15) is 0 Å². The van der Waals surface area contributed by atoms with Gasteiger partial charge in [-0.1, -0.05) is 72.8 Å². The summed E-state index contributed by atoms with van der Waals surface area (Å²) in [6, 6.07) is 59.4. The summed E-state index contributed by atoms with van der Waals surface area (Å²) in [5.74, 6) is 2.25. The molecule has 0 atom stereocenters. The SMILES string of the molecule is c1ccc(-n2c3ccc(-c4nc5c6c(cccc6n4)Oc4ccccc4-5)cc3c3c2ccc2c4c5oc6ccccc6c5ccc4n(-c4ccccc4)c23)cc1. The minimum absolute atomic E-state index is 0.670. The van der Waals surface area contributed by atoms with Crippen LogP contribution >= 0.6 is 0 Å². The Labute approximate surface area is 319 Å². The highest BCUT2D eigenvalue weighted by atomic mass is 16.5. The fourth-order valence-corrected chi connectivity index (χ4v) is 9.14. The van der Waals surface area contributed by atoms with Gasteiger partial charge in [0.2, 0.25) is 0 Å². The Hall–Kier alpha value is -7.70. The molecule has 6 heteroatoms. The highest BCUT2D eigenvalue weighted by Crippen LogP contribution is 2.48. The van der Waals surface area contributed by atoms with Crippen molar-refractivity contribution in [1.29, 1.82) is 0 Å². The molecule has 1 aliphatic rings. The lowest BCUT2D eigenvalue weighted by molar-refractivity contribution is 0.486. The molecule has 1 aliphatic heterocycles. The van der Waals surface area contributed by atoms with Gasteiger partial charge in [0.1, 0.15) is 22.7 Å². The summed E-state index contributed by atoms with van der Waals surface area (Å²) in [6.45, 7) is 0. The number of para-hydroxylation sites is 4. The molecule has 260 valence electrons. The average molecular weight is 717 g/mol. The van der Waals surface area contributed by atoms with Crippen molar-refractivity contribution in [1.82, 2.24) is 19.1 Å². The third-order valence-electron chi connectivity index (χ3n) is 11.5. The van der Waals surface area contributed by atoms with Crippen molar-refractivity contribution in [2.75, 3.05) is 0 Å². The molecule has 0 amide bonds. The fourth-order valence-electron chi connectivity index (χ4n) is 9.14. The van der Waals surface area contributed by atoms with Crippen molar-refractivity contribution in [3.63, 3.8) is 0 Å². The van der Waals surface area contributed by atoms with Crippen LogP contribution in [0.5, 0.6) is 11.5 Å². The van der Waals surface area contributed by atoms with Gasteiger partial charge in [0, 0.05) is 49.4 Å². The van der Waals surface area contributed by atoms with Gasteiger partial charge in [-0.3, -0.25) is 0 Å². The maximum absolute atomic E-state index is 6.73. The van der Waals surface area contributed by atoms with E-state index >= 15 is 0 Å². The van der Waals surface area contributed by atoms with Gasteiger partial charge in [-0.15, -0.1) is 0 Å². The Balaban J connectivity index is 1.19. The minimum atomic E-state index is 0.670. The van der Waals surface area contributed by atoms with Crippen LogP contribution in [-0.4, -0.2) is 19.1 Å². The topological polar surface area (TPSA) is 58.0 Å². The van der Waals surface area contributed by atoms with E-state index in [0.717, 1.165) is 116 Å². The Morgan fingerprint density at radius 1 is 0.446 bits per heavy atom. The van der Waals surface area contributed by atoms with Crippen LogP contribution < -0.4 is 4.74 Å². The predicted octanol–water partition coefficient (Wildman–Crippen LogP) is 13.2. The number of benzene rings is 8. The molecular formula is C50H28N4O2. The standard InChI is InChI=1S/C50H28N4O2/c1-3-12-30(13-4-1)53-38-25-22-29(50-51-37-18-11-21-43-46(37)47(52-50)34-17-8-10-20-42(34)55-43)28-36(38)44-39(53)27-24-35-45-40(54(48(35)44)31-14-5-2-6-15-31)26-23-33-32-16-7-9-19-41(32)56-49(33)45/h1-28H. The molecule has 0 fully saturated rings. The quantitative estimate of drug-likeness (QED) is 0.183.